The Balaban J connectivity index is 1.48. The third-order valence-corrected chi connectivity index (χ3v) is 6.49. The van der Waals surface area contributed by atoms with Crippen LogP contribution in [-0.2, 0) is 0 Å². The number of rotatable bonds is 5. The van der Waals surface area contributed by atoms with Crippen LogP contribution >= 0.6 is 11.3 Å². The third-order valence-electron chi connectivity index (χ3n) is 5.53. The number of hydrogen-bond acceptors (Lipinski definition) is 7. The van der Waals surface area contributed by atoms with Crippen LogP contribution in [0.15, 0.2) is 90.1 Å². The van der Waals surface area contributed by atoms with E-state index in [0.29, 0.717) is 15.3 Å². The molecule has 0 N–H and O–H groups in total. The van der Waals surface area contributed by atoms with Crippen molar-refractivity contribution in [2.24, 2.45) is 0 Å². The Morgan fingerprint density at radius 1 is 0.914 bits per heavy atom. The van der Waals surface area contributed by atoms with E-state index in [1.54, 1.807) is 19.5 Å². The fourth-order valence-corrected chi connectivity index (χ4v) is 4.68. The van der Waals surface area contributed by atoms with Gasteiger partial charge < -0.3 is 4.74 Å². The first-order valence-electron chi connectivity index (χ1n) is 10.8. The molecule has 0 bridgehead atoms. The predicted octanol–water partition coefficient (Wildman–Crippen LogP) is 3.62. The van der Waals surface area contributed by atoms with Gasteiger partial charge in [0.2, 0.25) is 4.96 Å². The lowest BCUT2D eigenvalue weighted by Crippen LogP contribution is -2.23. The van der Waals surface area contributed by atoms with Crippen molar-refractivity contribution in [1.29, 1.82) is 0 Å². The molecule has 0 spiro atoms. The largest absolute Gasteiger partial charge is 0.497 e. The third kappa shape index (κ3) is 3.87. The maximum atomic E-state index is 13.2. The summed E-state index contributed by atoms with van der Waals surface area (Å²) >= 11 is 1.30. The minimum Gasteiger partial charge on any atom is -0.497 e. The fourth-order valence-electron chi connectivity index (χ4n) is 3.78. The van der Waals surface area contributed by atoms with Gasteiger partial charge in [-0.1, -0.05) is 29.5 Å². The van der Waals surface area contributed by atoms with Crippen LogP contribution in [0.1, 0.15) is 5.56 Å². The summed E-state index contributed by atoms with van der Waals surface area (Å²) in [4.78, 5) is 22.3. The molecule has 0 unspecified atom stereocenters. The maximum Gasteiger partial charge on any atom is 0.291 e. The molecule has 2 aromatic carbocycles. The molecule has 0 fully saturated rings. The van der Waals surface area contributed by atoms with Crippen molar-refractivity contribution < 1.29 is 4.74 Å². The number of thiazole rings is 1. The molecular weight excluding hydrogens is 460 g/mol. The summed E-state index contributed by atoms with van der Waals surface area (Å²) in [5.74, 6) is 1.26. The molecule has 35 heavy (non-hydrogen) atoms. The van der Waals surface area contributed by atoms with Gasteiger partial charge in [0.15, 0.2) is 5.82 Å². The van der Waals surface area contributed by atoms with Crippen LogP contribution in [-0.4, -0.2) is 36.5 Å². The molecule has 9 heteroatoms. The van der Waals surface area contributed by atoms with Crippen molar-refractivity contribution in [1.82, 2.24) is 29.4 Å². The molecule has 4 heterocycles. The van der Waals surface area contributed by atoms with Gasteiger partial charge in [-0.25, -0.2) is 4.68 Å². The van der Waals surface area contributed by atoms with Gasteiger partial charge in [-0.15, -0.1) is 5.10 Å². The molecule has 0 saturated heterocycles. The number of pyridine rings is 1. The molecule has 0 radical (unpaired) electrons. The molecule has 0 saturated carbocycles. The minimum atomic E-state index is -0.217. The van der Waals surface area contributed by atoms with Gasteiger partial charge in [-0.05, 0) is 54.6 Å². The van der Waals surface area contributed by atoms with Crippen LogP contribution in [0, 0.1) is 0 Å². The molecular formula is C26H18N6O2S. The number of para-hydroxylation sites is 1. The maximum absolute atomic E-state index is 13.2. The summed E-state index contributed by atoms with van der Waals surface area (Å²) in [5, 5.41) is 9.25. The topological polar surface area (TPSA) is 87.2 Å². The van der Waals surface area contributed by atoms with Crippen molar-refractivity contribution in [2.45, 2.75) is 0 Å². The number of nitrogens with zero attached hydrogens (tertiary/aromatic N) is 6. The lowest BCUT2D eigenvalue weighted by molar-refractivity contribution is 0.415. The molecule has 170 valence electrons. The quantitative estimate of drug-likeness (QED) is 0.376. The Morgan fingerprint density at radius 2 is 1.69 bits per heavy atom. The number of benzene rings is 2. The Kier molecular flexibility index (Phi) is 5.16. The predicted molar refractivity (Wildman–Crippen MR) is 135 cm³/mol. The molecule has 0 atom stereocenters. The second kappa shape index (κ2) is 8.62. The first-order chi connectivity index (χ1) is 17.2. The second-order valence-corrected chi connectivity index (χ2v) is 8.73. The Bertz CT molecular complexity index is 1740. The van der Waals surface area contributed by atoms with E-state index in [2.05, 4.69) is 15.1 Å². The van der Waals surface area contributed by atoms with E-state index in [1.807, 2.05) is 83.7 Å². The summed E-state index contributed by atoms with van der Waals surface area (Å²) < 4.78 is 8.99. The van der Waals surface area contributed by atoms with Crippen molar-refractivity contribution in [2.75, 3.05) is 7.11 Å². The lowest BCUT2D eigenvalue weighted by atomic mass is 10.1. The number of fused-ring (bicyclic) bond motifs is 1. The van der Waals surface area contributed by atoms with Gasteiger partial charge >= 0.3 is 0 Å². The van der Waals surface area contributed by atoms with Gasteiger partial charge in [-0.2, -0.15) is 14.6 Å². The average Bonchev–Trinajstić information content (AvgIpc) is 3.60. The summed E-state index contributed by atoms with van der Waals surface area (Å²) in [6.07, 6.45) is 7.12. The highest BCUT2D eigenvalue weighted by Crippen LogP contribution is 2.26. The number of methoxy groups -OCH3 is 1. The first kappa shape index (κ1) is 20.9. The van der Waals surface area contributed by atoms with Crippen LogP contribution in [0.2, 0.25) is 0 Å². The van der Waals surface area contributed by atoms with Crippen LogP contribution < -0.4 is 14.8 Å². The Morgan fingerprint density at radius 3 is 2.40 bits per heavy atom. The molecule has 6 aromatic rings. The SMILES string of the molecule is COc1ccc(-c2nn(-c3ccccc3)cc2C=c2sc3nc(-c4ccncc4)nn3c2=O)cc1. The number of ether oxygens (including phenoxy) is 1. The van der Waals surface area contributed by atoms with E-state index < -0.39 is 0 Å². The Labute approximate surface area is 203 Å². The second-order valence-electron chi connectivity index (χ2n) is 7.72. The smallest absolute Gasteiger partial charge is 0.291 e. The van der Waals surface area contributed by atoms with E-state index in [1.165, 1.54) is 15.9 Å². The zero-order chi connectivity index (χ0) is 23.8. The van der Waals surface area contributed by atoms with Crippen molar-refractivity contribution in [3.05, 3.63) is 106 Å². The molecule has 0 aliphatic heterocycles. The van der Waals surface area contributed by atoms with Gasteiger partial charge in [-0.3, -0.25) is 9.78 Å². The van der Waals surface area contributed by atoms with Gasteiger partial charge in [0.1, 0.15) is 11.4 Å². The minimum absolute atomic E-state index is 0.217. The van der Waals surface area contributed by atoms with Gasteiger partial charge in [0, 0.05) is 35.3 Å². The van der Waals surface area contributed by atoms with E-state index in [0.717, 1.165) is 33.8 Å². The van der Waals surface area contributed by atoms with Crippen molar-refractivity contribution in [3.63, 3.8) is 0 Å². The zero-order valence-corrected chi connectivity index (χ0v) is 19.4. The molecule has 0 amide bonds. The van der Waals surface area contributed by atoms with E-state index in [-0.39, 0.29) is 5.56 Å². The average molecular weight is 479 g/mol. The van der Waals surface area contributed by atoms with Gasteiger partial charge in [0.05, 0.1) is 17.3 Å². The number of hydrogen-bond donors (Lipinski definition) is 0. The first-order valence-corrected chi connectivity index (χ1v) is 11.6. The molecule has 0 aliphatic carbocycles. The summed E-state index contributed by atoms with van der Waals surface area (Å²) in [7, 11) is 1.63. The van der Waals surface area contributed by atoms with Crippen LogP contribution in [0.5, 0.6) is 5.75 Å². The van der Waals surface area contributed by atoms with E-state index in [9.17, 15) is 4.79 Å². The molecule has 6 rings (SSSR count). The number of aromatic nitrogens is 6. The Hall–Kier alpha value is -4.63. The van der Waals surface area contributed by atoms with Crippen LogP contribution in [0.25, 0.3) is 39.4 Å². The standard InChI is InChI=1S/C26H18N6O2S/c1-34-21-9-7-17(8-10-21)23-19(16-31(29-23)20-5-3-2-4-6-20)15-22-25(33)32-26(35-22)28-24(30-32)18-11-13-27-14-12-18/h2-16H,1H3. The fraction of sp³-hybridized carbons (Fsp3) is 0.0385. The van der Waals surface area contributed by atoms with E-state index in [4.69, 9.17) is 9.84 Å². The molecule has 8 nitrogen and oxygen atoms in total. The normalized spacial score (nSPS) is 11.9. The zero-order valence-electron chi connectivity index (χ0n) is 18.6. The molecule has 4 aromatic heterocycles. The molecule has 0 aliphatic rings. The highest BCUT2D eigenvalue weighted by molar-refractivity contribution is 7.15. The highest BCUT2D eigenvalue weighted by Gasteiger charge is 2.15. The van der Waals surface area contributed by atoms with Gasteiger partial charge in [0.25, 0.3) is 5.56 Å². The van der Waals surface area contributed by atoms with Crippen LogP contribution in [0.4, 0.5) is 0 Å². The lowest BCUT2D eigenvalue weighted by Gasteiger charge is -2.02. The van der Waals surface area contributed by atoms with Crippen LogP contribution in [0.3, 0.4) is 0 Å². The summed E-state index contributed by atoms with van der Waals surface area (Å²) in [6.45, 7) is 0. The summed E-state index contributed by atoms with van der Waals surface area (Å²) in [5.41, 5.74) is 4.01. The highest BCUT2D eigenvalue weighted by atomic mass is 32.1. The van der Waals surface area contributed by atoms with Crippen molar-refractivity contribution in [3.8, 4) is 34.1 Å². The van der Waals surface area contributed by atoms with E-state index >= 15 is 0 Å². The monoisotopic (exact) mass is 478 g/mol. The summed E-state index contributed by atoms with van der Waals surface area (Å²) in [6, 6.07) is 21.2. The van der Waals surface area contributed by atoms with Crippen molar-refractivity contribution >= 4 is 22.4 Å².